The van der Waals surface area contributed by atoms with Crippen molar-refractivity contribution in [2.24, 2.45) is 5.92 Å². The van der Waals surface area contributed by atoms with Crippen LogP contribution in [0.1, 0.15) is 37.7 Å². The molecular formula is C17H27NO2. The van der Waals surface area contributed by atoms with Gasteiger partial charge in [0.1, 0.15) is 5.75 Å². The van der Waals surface area contributed by atoms with Gasteiger partial charge in [0.05, 0.1) is 13.2 Å². The second-order valence-corrected chi connectivity index (χ2v) is 5.84. The van der Waals surface area contributed by atoms with Gasteiger partial charge in [-0.1, -0.05) is 37.8 Å². The number of aliphatic hydroxyl groups excluding tert-OH is 1. The number of nitrogens with one attached hydrogen (secondary N) is 1. The van der Waals surface area contributed by atoms with Crippen molar-refractivity contribution in [1.29, 1.82) is 0 Å². The number of hydrogen-bond acceptors (Lipinski definition) is 3. The second-order valence-electron chi connectivity index (χ2n) is 5.84. The van der Waals surface area contributed by atoms with E-state index in [1.165, 1.54) is 31.2 Å². The van der Waals surface area contributed by atoms with Gasteiger partial charge in [-0.05, 0) is 43.0 Å². The molecule has 1 aliphatic rings. The fraction of sp³-hybridized carbons (Fsp3) is 0.647. The Morgan fingerprint density at radius 1 is 1.25 bits per heavy atom. The lowest BCUT2D eigenvalue weighted by molar-refractivity contribution is 0.141. The predicted octanol–water partition coefficient (Wildman–Crippen LogP) is 2.77. The second kappa shape index (κ2) is 8.28. The summed E-state index contributed by atoms with van der Waals surface area (Å²) in [7, 11) is 1.68. The van der Waals surface area contributed by atoms with Crippen LogP contribution in [0.25, 0.3) is 0 Å². The van der Waals surface area contributed by atoms with Crippen LogP contribution >= 0.6 is 0 Å². The Bertz CT molecular complexity index is 371. The largest absolute Gasteiger partial charge is 0.497 e. The van der Waals surface area contributed by atoms with Gasteiger partial charge in [-0.15, -0.1) is 0 Å². The Morgan fingerprint density at radius 2 is 1.95 bits per heavy atom. The molecule has 20 heavy (non-hydrogen) atoms. The van der Waals surface area contributed by atoms with Crippen LogP contribution in [0.2, 0.25) is 0 Å². The zero-order chi connectivity index (χ0) is 14.2. The molecule has 0 aromatic heterocycles. The van der Waals surface area contributed by atoms with Crippen LogP contribution in [0.3, 0.4) is 0 Å². The molecule has 1 saturated carbocycles. The van der Waals surface area contributed by atoms with Crippen molar-refractivity contribution in [3.05, 3.63) is 29.8 Å². The third-order valence-electron chi connectivity index (χ3n) is 4.21. The molecule has 0 saturated heterocycles. The summed E-state index contributed by atoms with van der Waals surface area (Å²) in [6.07, 6.45) is 7.08. The lowest BCUT2D eigenvalue weighted by Gasteiger charge is -2.16. The number of methoxy groups -OCH3 is 1. The van der Waals surface area contributed by atoms with E-state index in [9.17, 15) is 5.11 Å². The van der Waals surface area contributed by atoms with Gasteiger partial charge >= 0.3 is 0 Å². The highest BCUT2D eigenvalue weighted by atomic mass is 16.5. The molecule has 1 atom stereocenters. The number of ether oxygens (including phenoxy) is 1. The lowest BCUT2D eigenvalue weighted by Crippen LogP contribution is -2.29. The number of aliphatic hydroxyl groups is 1. The minimum absolute atomic E-state index is 0.186. The molecule has 0 amide bonds. The van der Waals surface area contributed by atoms with Crippen molar-refractivity contribution >= 4 is 0 Å². The smallest absolute Gasteiger partial charge is 0.118 e. The molecule has 3 heteroatoms. The van der Waals surface area contributed by atoms with Crippen molar-refractivity contribution in [1.82, 2.24) is 5.32 Å². The SMILES string of the molecule is COc1ccc(CCNCC(O)CC2CCCC2)cc1. The Kier molecular flexibility index (Phi) is 6.34. The topological polar surface area (TPSA) is 41.5 Å². The van der Waals surface area contributed by atoms with E-state index in [0.29, 0.717) is 6.54 Å². The maximum atomic E-state index is 10.00. The Labute approximate surface area is 122 Å². The van der Waals surface area contributed by atoms with Crippen molar-refractivity contribution in [3.63, 3.8) is 0 Å². The molecule has 0 bridgehead atoms. The minimum atomic E-state index is -0.186. The molecule has 1 aliphatic carbocycles. The molecule has 2 rings (SSSR count). The average Bonchev–Trinajstić information content (AvgIpc) is 2.97. The number of hydrogen-bond donors (Lipinski definition) is 2. The summed E-state index contributed by atoms with van der Waals surface area (Å²) in [5.41, 5.74) is 1.29. The molecule has 0 radical (unpaired) electrons. The van der Waals surface area contributed by atoms with Crippen LogP contribution in [0.4, 0.5) is 0 Å². The Morgan fingerprint density at radius 3 is 2.60 bits per heavy atom. The fourth-order valence-corrected chi connectivity index (χ4v) is 3.01. The number of rotatable bonds is 8. The fourth-order valence-electron chi connectivity index (χ4n) is 3.01. The average molecular weight is 277 g/mol. The van der Waals surface area contributed by atoms with Gasteiger partial charge in [-0.25, -0.2) is 0 Å². The first-order valence-corrected chi connectivity index (χ1v) is 7.79. The molecule has 0 heterocycles. The zero-order valence-corrected chi connectivity index (χ0v) is 12.5. The maximum absolute atomic E-state index is 10.00. The van der Waals surface area contributed by atoms with E-state index in [2.05, 4.69) is 17.4 Å². The molecule has 1 unspecified atom stereocenters. The third-order valence-corrected chi connectivity index (χ3v) is 4.21. The van der Waals surface area contributed by atoms with Crippen LogP contribution in [0.15, 0.2) is 24.3 Å². The Balaban J connectivity index is 1.58. The van der Waals surface area contributed by atoms with E-state index < -0.39 is 0 Å². The molecule has 2 N–H and O–H groups in total. The molecule has 1 aromatic rings. The summed E-state index contributed by atoms with van der Waals surface area (Å²) >= 11 is 0. The zero-order valence-electron chi connectivity index (χ0n) is 12.5. The standard InChI is InChI=1S/C17H27NO2/c1-20-17-8-6-14(7-9-17)10-11-18-13-16(19)12-15-4-2-3-5-15/h6-9,15-16,18-19H,2-5,10-13H2,1H3. The minimum Gasteiger partial charge on any atom is -0.497 e. The summed E-state index contributed by atoms with van der Waals surface area (Å²) in [5.74, 6) is 1.65. The van der Waals surface area contributed by atoms with Gasteiger partial charge in [0, 0.05) is 6.54 Å². The quantitative estimate of drug-likeness (QED) is 0.718. The van der Waals surface area contributed by atoms with E-state index in [4.69, 9.17) is 4.74 Å². The molecule has 1 aromatic carbocycles. The Hall–Kier alpha value is -1.06. The van der Waals surface area contributed by atoms with Gasteiger partial charge in [0.15, 0.2) is 0 Å². The van der Waals surface area contributed by atoms with E-state index in [1.54, 1.807) is 7.11 Å². The first-order chi connectivity index (χ1) is 9.78. The summed E-state index contributed by atoms with van der Waals surface area (Å²) in [4.78, 5) is 0. The van der Waals surface area contributed by atoms with Gasteiger partial charge in [-0.2, -0.15) is 0 Å². The molecule has 112 valence electrons. The lowest BCUT2D eigenvalue weighted by atomic mass is 10.00. The van der Waals surface area contributed by atoms with E-state index in [-0.39, 0.29) is 6.10 Å². The first-order valence-electron chi connectivity index (χ1n) is 7.79. The van der Waals surface area contributed by atoms with Gasteiger partial charge in [0.2, 0.25) is 0 Å². The van der Waals surface area contributed by atoms with Crippen molar-refractivity contribution < 1.29 is 9.84 Å². The predicted molar refractivity (Wildman–Crippen MR) is 82.1 cm³/mol. The summed E-state index contributed by atoms with van der Waals surface area (Å²) in [5, 5.41) is 13.4. The van der Waals surface area contributed by atoms with E-state index >= 15 is 0 Å². The number of benzene rings is 1. The van der Waals surface area contributed by atoms with Crippen LogP contribution in [0, 0.1) is 5.92 Å². The molecule has 3 nitrogen and oxygen atoms in total. The van der Waals surface area contributed by atoms with Crippen LogP contribution in [-0.2, 0) is 6.42 Å². The van der Waals surface area contributed by atoms with Gasteiger partial charge < -0.3 is 15.2 Å². The monoisotopic (exact) mass is 277 g/mol. The normalized spacial score (nSPS) is 17.3. The van der Waals surface area contributed by atoms with E-state index in [0.717, 1.165) is 31.1 Å². The van der Waals surface area contributed by atoms with E-state index in [1.807, 2.05) is 12.1 Å². The molecule has 1 fully saturated rings. The van der Waals surface area contributed by atoms with Crippen molar-refractivity contribution in [2.45, 2.75) is 44.6 Å². The van der Waals surface area contributed by atoms with Crippen molar-refractivity contribution in [2.75, 3.05) is 20.2 Å². The van der Waals surface area contributed by atoms with Crippen LogP contribution < -0.4 is 10.1 Å². The third kappa shape index (κ3) is 5.14. The highest BCUT2D eigenvalue weighted by Crippen LogP contribution is 2.28. The van der Waals surface area contributed by atoms with Crippen LogP contribution in [0.5, 0.6) is 5.75 Å². The first kappa shape index (κ1) is 15.3. The molecule has 0 spiro atoms. The van der Waals surface area contributed by atoms with Crippen LogP contribution in [-0.4, -0.2) is 31.4 Å². The summed E-state index contributed by atoms with van der Waals surface area (Å²) in [6, 6.07) is 8.17. The van der Waals surface area contributed by atoms with Gasteiger partial charge in [-0.3, -0.25) is 0 Å². The van der Waals surface area contributed by atoms with Crippen molar-refractivity contribution in [3.8, 4) is 5.75 Å². The molecular weight excluding hydrogens is 250 g/mol. The van der Waals surface area contributed by atoms with Gasteiger partial charge in [0.25, 0.3) is 0 Å². The highest BCUT2D eigenvalue weighted by Gasteiger charge is 2.18. The maximum Gasteiger partial charge on any atom is 0.118 e. The summed E-state index contributed by atoms with van der Waals surface area (Å²) in [6.45, 7) is 1.63. The molecule has 0 aliphatic heterocycles. The highest BCUT2D eigenvalue weighted by molar-refractivity contribution is 5.27. The summed E-state index contributed by atoms with van der Waals surface area (Å²) < 4.78 is 5.14.